The highest BCUT2D eigenvalue weighted by atomic mass is 32.2. The highest BCUT2D eigenvalue weighted by Gasteiger charge is 2.14. The fourth-order valence-electron chi connectivity index (χ4n) is 2.83. The second-order valence-corrected chi connectivity index (χ2v) is 8.46. The molecule has 0 saturated carbocycles. The predicted molar refractivity (Wildman–Crippen MR) is 121 cm³/mol. The van der Waals surface area contributed by atoms with Crippen LogP contribution in [0.15, 0.2) is 77.7 Å². The fraction of sp³-hybridized carbons (Fsp3) is 0.174. The van der Waals surface area contributed by atoms with Gasteiger partial charge in [-0.1, -0.05) is 30.3 Å². The second kappa shape index (κ2) is 10.7. The lowest BCUT2D eigenvalue weighted by molar-refractivity contribution is -0.118. The van der Waals surface area contributed by atoms with Crippen molar-refractivity contribution in [2.45, 2.75) is 11.4 Å². The Morgan fingerprint density at radius 1 is 0.875 bits per heavy atom. The number of amides is 1. The normalized spacial score (nSPS) is 10.9. The molecule has 0 radical (unpaired) electrons. The molecule has 1 amide bonds. The van der Waals surface area contributed by atoms with Crippen molar-refractivity contribution in [3.8, 4) is 17.2 Å². The molecule has 0 aliphatic heterocycles. The summed E-state index contributed by atoms with van der Waals surface area (Å²) in [5.74, 6) is 1.03. The highest BCUT2D eigenvalue weighted by Crippen LogP contribution is 2.29. The SMILES string of the molecule is COc1ccc(NC(=O)COc2ccc(S(=O)(=O)NCc3ccccc3)cc2)cc1OC. The molecule has 0 bridgehead atoms. The van der Waals surface area contributed by atoms with Gasteiger partial charge in [-0.2, -0.15) is 0 Å². The largest absolute Gasteiger partial charge is 0.493 e. The standard InChI is InChI=1S/C23H24N2O6S/c1-29-21-13-8-18(14-22(21)30-2)25-23(26)16-31-19-9-11-20(12-10-19)32(27,28)24-15-17-6-4-3-5-7-17/h3-14,24H,15-16H2,1-2H3,(H,25,26). The van der Waals surface area contributed by atoms with Crippen LogP contribution in [-0.2, 0) is 21.4 Å². The van der Waals surface area contributed by atoms with Gasteiger partial charge in [0.2, 0.25) is 10.0 Å². The molecule has 8 nitrogen and oxygen atoms in total. The monoisotopic (exact) mass is 456 g/mol. The lowest BCUT2D eigenvalue weighted by atomic mass is 10.2. The molecule has 168 valence electrons. The van der Waals surface area contributed by atoms with E-state index in [4.69, 9.17) is 14.2 Å². The van der Waals surface area contributed by atoms with E-state index in [1.165, 1.54) is 38.5 Å². The molecule has 0 unspecified atom stereocenters. The lowest BCUT2D eigenvalue weighted by Crippen LogP contribution is -2.23. The third-order valence-electron chi connectivity index (χ3n) is 4.48. The van der Waals surface area contributed by atoms with Gasteiger partial charge < -0.3 is 19.5 Å². The quantitative estimate of drug-likeness (QED) is 0.486. The van der Waals surface area contributed by atoms with Gasteiger partial charge in [-0.05, 0) is 42.0 Å². The Hall–Kier alpha value is -3.56. The van der Waals surface area contributed by atoms with Crippen molar-refractivity contribution in [2.75, 3.05) is 26.1 Å². The highest BCUT2D eigenvalue weighted by molar-refractivity contribution is 7.89. The van der Waals surface area contributed by atoms with Gasteiger partial charge in [-0.3, -0.25) is 4.79 Å². The number of benzene rings is 3. The number of carbonyl (C=O) groups is 1. The van der Waals surface area contributed by atoms with E-state index in [2.05, 4.69) is 10.0 Å². The molecule has 32 heavy (non-hydrogen) atoms. The first-order valence-electron chi connectivity index (χ1n) is 9.69. The number of carbonyl (C=O) groups excluding carboxylic acids is 1. The Bertz CT molecular complexity index is 1150. The summed E-state index contributed by atoms with van der Waals surface area (Å²) in [5.41, 5.74) is 1.39. The molecule has 0 heterocycles. The van der Waals surface area contributed by atoms with E-state index in [0.717, 1.165) is 5.56 Å². The molecule has 0 aromatic heterocycles. The first kappa shape index (κ1) is 23.1. The van der Waals surface area contributed by atoms with Gasteiger partial charge in [0.15, 0.2) is 18.1 Å². The molecule has 9 heteroatoms. The van der Waals surface area contributed by atoms with Crippen LogP contribution >= 0.6 is 0 Å². The fourth-order valence-corrected chi connectivity index (χ4v) is 3.85. The molecule has 0 aliphatic rings. The zero-order valence-electron chi connectivity index (χ0n) is 17.7. The lowest BCUT2D eigenvalue weighted by Gasteiger charge is -2.11. The van der Waals surface area contributed by atoms with Gasteiger partial charge in [-0.25, -0.2) is 13.1 Å². The number of ether oxygens (including phenoxy) is 3. The van der Waals surface area contributed by atoms with E-state index in [-0.39, 0.29) is 24.0 Å². The smallest absolute Gasteiger partial charge is 0.262 e. The Morgan fingerprint density at radius 3 is 2.22 bits per heavy atom. The molecule has 3 aromatic rings. The minimum absolute atomic E-state index is 0.107. The van der Waals surface area contributed by atoms with Crippen LogP contribution in [0.5, 0.6) is 17.2 Å². The van der Waals surface area contributed by atoms with E-state index < -0.39 is 10.0 Å². The number of anilines is 1. The summed E-state index contributed by atoms with van der Waals surface area (Å²) in [4.78, 5) is 12.3. The summed E-state index contributed by atoms with van der Waals surface area (Å²) in [6.07, 6.45) is 0. The number of rotatable bonds is 10. The van der Waals surface area contributed by atoms with Crippen molar-refractivity contribution in [3.63, 3.8) is 0 Å². The second-order valence-electron chi connectivity index (χ2n) is 6.69. The molecular formula is C23H24N2O6S. The molecule has 3 aromatic carbocycles. The van der Waals surface area contributed by atoms with Gasteiger partial charge >= 0.3 is 0 Å². The summed E-state index contributed by atoms with van der Waals surface area (Å²) >= 11 is 0. The van der Waals surface area contributed by atoms with Crippen LogP contribution in [0.1, 0.15) is 5.56 Å². The number of methoxy groups -OCH3 is 2. The number of hydrogen-bond acceptors (Lipinski definition) is 6. The van der Waals surface area contributed by atoms with Gasteiger partial charge in [0, 0.05) is 18.3 Å². The first-order chi connectivity index (χ1) is 15.4. The maximum absolute atomic E-state index is 12.4. The van der Waals surface area contributed by atoms with E-state index in [9.17, 15) is 13.2 Å². The number of hydrogen-bond donors (Lipinski definition) is 2. The number of sulfonamides is 1. The maximum atomic E-state index is 12.4. The van der Waals surface area contributed by atoms with Crippen molar-refractivity contribution in [1.29, 1.82) is 0 Å². The molecule has 0 atom stereocenters. The van der Waals surface area contributed by atoms with Crippen LogP contribution in [0.2, 0.25) is 0 Å². The van der Waals surface area contributed by atoms with Crippen molar-refractivity contribution in [3.05, 3.63) is 78.4 Å². The van der Waals surface area contributed by atoms with Crippen LogP contribution in [0.3, 0.4) is 0 Å². The topological polar surface area (TPSA) is 103 Å². The molecule has 2 N–H and O–H groups in total. The zero-order chi connectivity index (χ0) is 23.0. The third-order valence-corrected chi connectivity index (χ3v) is 5.90. The Morgan fingerprint density at radius 2 is 1.56 bits per heavy atom. The van der Waals surface area contributed by atoms with Crippen LogP contribution in [0.4, 0.5) is 5.69 Å². The van der Waals surface area contributed by atoms with Crippen LogP contribution in [-0.4, -0.2) is 35.2 Å². The van der Waals surface area contributed by atoms with Crippen molar-refractivity contribution < 1.29 is 27.4 Å². The summed E-state index contributed by atoms with van der Waals surface area (Å²) in [6, 6.07) is 20.1. The van der Waals surface area contributed by atoms with Crippen LogP contribution in [0.25, 0.3) is 0 Å². The van der Waals surface area contributed by atoms with Gasteiger partial charge in [-0.15, -0.1) is 0 Å². The number of nitrogens with one attached hydrogen (secondary N) is 2. The molecular weight excluding hydrogens is 432 g/mol. The maximum Gasteiger partial charge on any atom is 0.262 e. The molecule has 0 fully saturated rings. The molecule has 0 spiro atoms. The third kappa shape index (κ3) is 6.22. The molecule has 3 rings (SSSR count). The van der Waals surface area contributed by atoms with E-state index >= 15 is 0 Å². The van der Waals surface area contributed by atoms with E-state index in [1.807, 2.05) is 30.3 Å². The average molecular weight is 457 g/mol. The summed E-state index contributed by atoms with van der Waals surface area (Å²) in [7, 11) is -0.631. The van der Waals surface area contributed by atoms with E-state index in [0.29, 0.717) is 22.9 Å². The Kier molecular flexibility index (Phi) is 7.69. The van der Waals surface area contributed by atoms with Gasteiger partial charge in [0.25, 0.3) is 5.91 Å². The molecule has 0 saturated heterocycles. The summed E-state index contributed by atoms with van der Waals surface area (Å²) < 4.78 is 43.3. The molecule has 0 aliphatic carbocycles. The predicted octanol–water partition coefficient (Wildman–Crippen LogP) is 3.20. The van der Waals surface area contributed by atoms with Gasteiger partial charge in [0.05, 0.1) is 19.1 Å². The Labute approximate surface area is 187 Å². The van der Waals surface area contributed by atoms with Crippen LogP contribution in [0, 0.1) is 0 Å². The summed E-state index contributed by atoms with van der Waals surface area (Å²) in [5, 5.41) is 2.70. The Balaban J connectivity index is 1.53. The summed E-state index contributed by atoms with van der Waals surface area (Å²) in [6.45, 7) is -0.0512. The van der Waals surface area contributed by atoms with E-state index in [1.54, 1.807) is 18.2 Å². The minimum Gasteiger partial charge on any atom is -0.493 e. The average Bonchev–Trinajstić information content (AvgIpc) is 2.82. The van der Waals surface area contributed by atoms with Gasteiger partial charge in [0.1, 0.15) is 5.75 Å². The zero-order valence-corrected chi connectivity index (χ0v) is 18.5. The minimum atomic E-state index is -3.67. The van der Waals surface area contributed by atoms with Crippen molar-refractivity contribution in [1.82, 2.24) is 4.72 Å². The van der Waals surface area contributed by atoms with Crippen molar-refractivity contribution >= 4 is 21.6 Å². The van der Waals surface area contributed by atoms with Crippen molar-refractivity contribution in [2.24, 2.45) is 0 Å². The van der Waals surface area contributed by atoms with Crippen LogP contribution < -0.4 is 24.2 Å². The first-order valence-corrected chi connectivity index (χ1v) is 11.2.